The Morgan fingerprint density at radius 3 is 2.81 bits per heavy atom. The first kappa shape index (κ1) is 14.5. The van der Waals surface area contributed by atoms with Crippen molar-refractivity contribution in [2.75, 3.05) is 5.32 Å². The summed E-state index contributed by atoms with van der Waals surface area (Å²) in [6.45, 7) is 2.06. The van der Waals surface area contributed by atoms with E-state index in [0.717, 1.165) is 34.4 Å². The highest BCUT2D eigenvalue weighted by Crippen LogP contribution is 2.35. The molecule has 0 aliphatic heterocycles. The molecule has 1 atom stereocenters. The number of Topliss-reactive ketones (excluding diaryl/α,β-unsaturated/α-hetero) is 1. The first-order valence-electron chi connectivity index (χ1n) is 7.07. The third kappa shape index (κ3) is 3.83. The van der Waals surface area contributed by atoms with Crippen molar-refractivity contribution in [1.82, 2.24) is 10.2 Å². The standard InChI is InChI=1S/C15H17N3OS2/c1-10-6-8-11(9-7-10)16-14-17-18-15(21-14)20-13-5-3-2-4-12(13)19/h6-9,13H,2-5H2,1H3,(H,16,17)/t13-/m1/s1. The van der Waals surface area contributed by atoms with Gasteiger partial charge in [0, 0.05) is 12.1 Å². The summed E-state index contributed by atoms with van der Waals surface area (Å²) >= 11 is 3.07. The maximum atomic E-state index is 11.8. The fourth-order valence-corrected chi connectivity index (χ4v) is 4.41. The molecule has 0 amide bonds. The molecule has 6 heteroatoms. The number of hydrogen-bond acceptors (Lipinski definition) is 6. The molecule has 0 bridgehead atoms. The number of anilines is 2. The van der Waals surface area contributed by atoms with Crippen molar-refractivity contribution >= 4 is 39.7 Å². The molecule has 3 rings (SSSR count). The van der Waals surface area contributed by atoms with Crippen LogP contribution in [0.15, 0.2) is 28.6 Å². The van der Waals surface area contributed by atoms with Gasteiger partial charge in [-0.05, 0) is 31.9 Å². The molecule has 1 fully saturated rings. The maximum Gasteiger partial charge on any atom is 0.210 e. The van der Waals surface area contributed by atoms with Gasteiger partial charge in [-0.25, -0.2) is 0 Å². The van der Waals surface area contributed by atoms with Crippen LogP contribution < -0.4 is 5.32 Å². The lowest BCUT2D eigenvalue weighted by Crippen LogP contribution is -2.21. The molecule has 0 spiro atoms. The molecule has 1 N–H and O–H groups in total. The number of aryl methyl sites for hydroxylation is 1. The van der Waals surface area contributed by atoms with E-state index in [2.05, 4.69) is 34.6 Å². The average molecular weight is 319 g/mol. The van der Waals surface area contributed by atoms with Gasteiger partial charge in [-0.15, -0.1) is 10.2 Å². The zero-order valence-electron chi connectivity index (χ0n) is 11.8. The van der Waals surface area contributed by atoms with E-state index in [1.807, 2.05) is 12.1 Å². The molecule has 2 aromatic rings. The van der Waals surface area contributed by atoms with E-state index in [4.69, 9.17) is 0 Å². The molecule has 0 unspecified atom stereocenters. The predicted octanol–water partition coefficient (Wildman–Crippen LogP) is 4.19. The largest absolute Gasteiger partial charge is 0.330 e. The highest BCUT2D eigenvalue weighted by atomic mass is 32.2. The second kappa shape index (κ2) is 6.58. The molecule has 1 heterocycles. The smallest absolute Gasteiger partial charge is 0.210 e. The monoisotopic (exact) mass is 319 g/mol. The van der Waals surface area contributed by atoms with Gasteiger partial charge in [-0.2, -0.15) is 0 Å². The third-order valence-corrected chi connectivity index (χ3v) is 5.69. The van der Waals surface area contributed by atoms with Crippen molar-refractivity contribution < 1.29 is 4.79 Å². The van der Waals surface area contributed by atoms with E-state index < -0.39 is 0 Å². The number of rotatable bonds is 4. The molecule has 1 aliphatic carbocycles. The van der Waals surface area contributed by atoms with Gasteiger partial charge >= 0.3 is 0 Å². The van der Waals surface area contributed by atoms with Crippen molar-refractivity contribution in [3.63, 3.8) is 0 Å². The summed E-state index contributed by atoms with van der Waals surface area (Å²) in [5, 5.41) is 12.4. The Morgan fingerprint density at radius 1 is 1.24 bits per heavy atom. The molecular formula is C15H17N3OS2. The van der Waals surface area contributed by atoms with Crippen LogP contribution in [-0.2, 0) is 4.79 Å². The van der Waals surface area contributed by atoms with Crippen LogP contribution in [-0.4, -0.2) is 21.2 Å². The number of ketones is 1. The zero-order chi connectivity index (χ0) is 14.7. The molecule has 0 radical (unpaired) electrons. The molecule has 1 aromatic heterocycles. The molecular weight excluding hydrogens is 302 g/mol. The van der Waals surface area contributed by atoms with Crippen LogP contribution in [0.4, 0.5) is 10.8 Å². The second-order valence-electron chi connectivity index (χ2n) is 5.18. The normalized spacial score (nSPS) is 18.7. The van der Waals surface area contributed by atoms with Gasteiger partial charge in [0.1, 0.15) is 5.78 Å². The van der Waals surface area contributed by atoms with Crippen LogP contribution in [0.3, 0.4) is 0 Å². The maximum absolute atomic E-state index is 11.8. The number of nitrogens with one attached hydrogen (secondary N) is 1. The lowest BCUT2D eigenvalue weighted by Gasteiger charge is -2.17. The van der Waals surface area contributed by atoms with Gasteiger partial charge in [0.15, 0.2) is 4.34 Å². The van der Waals surface area contributed by atoms with Crippen molar-refractivity contribution in [3.05, 3.63) is 29.8 Å². The van der Waals surface area contributed by atoms with E-state index in [9.17, 15) is 4.79 Å². The van der Waals surface area contributed by atoms with Gasteiger partial charge in [0.25, 0.3) is 0 Å². The number of nitrogens with zero attached hydrogens (tertiary/aromatic N) is 2. The minimum atomic E-state index is 0.0684. The number of thioether (sulfide) groups is 1. The number of carbonyl (C=O) groups excluding carboxylic acids is 1. The first-order chi connectivity index (χ1) is 10.2. The number of aromatic nitrogens is 2. The number of hydrogen-bond donors (Lipinski definition) is 1. The van der Waals surface area contributed by atoms with Crippen LogP contribution in [0, 0.1) is 6.92 Å². The fourth-order valence-electron chi connectivity index (χ4n) is 2.27. The van der Waals surface area contributed by atoms with Gasteiger partial charge in [-0.3, -0.25) is 4.79 Å². The summed E-state index contributed by atoms with van der Waals surface area (Å²) in [6.07, 6.45) is 3.84. The Balaban J connectivity index is 1.63. The highest BCUT2D eigenvalue weighted by molar-refractivity contribution is 8.02. The van der Waals surface area contributed by atoms with Gasteiger partial charge in [0.05, 0.1) is 5.25 Å². The lowest BCUT2D eigenvalue weighted by atomic mass is 9.99. The third-order valence-electron chi connectivity index (χ3n) is 3.45. The van der Waals surface area contributed by atoms with Gasteiger partial charge < -0.3 is 5.32 Å². The van der Waals surface area contributed by atoms with Crippen molar-refractivity contribution in [2.24, 2.45) is 0 Å². The fraction of sp³-hybridized carbons (Fsp3) is 0.400. The Bertz CT molecular complexity index is 624. The zero-order valence-corrected chi connectivity index (χ0v) is 13.5. The summed E-state index contributed by atoms with van der Waals surface area (Å²) in [6, 6.07) is 8.15. The lowest BCUT2D eigenvalue weighted by molar-refractivity contribution is -0.119. The topological polar surface area (TPSA) is 54.9 Å². The van der Waals surface area contributed by atoms with Gasteiger partial charge in [-0.1, -0.05) is 47.2 Å². The quantitative estimate of drug-likeness (QED) is 0.915. The van der Waals surface area contributed by atoms with E-state index in [1.165, 1.54) is 16.9 Å². The Kier molecular flexibility index (Phi) is 4.55. The second-order valence-corrected chi connectivity index (χ2v) is 7.61. The first-order valence-corrected chi connectivity index (χ1v) is 8.77. The number of carbonyl (C=O) groups is 1. The minimum Gasteiger partial charge on any atom is -0.330 e. The SMILES string of the molecule is Cc1ccc(Nc2nnc(S[C@@H]3CCCCC3=O)s2)cc1. The van der Waals surface area contributed by atoms with Crippen molar-refractivity contribution in [1.29, 1.82) is 0 Å². The highest BCUT2D eigenvalue weighted by Gasteiger charge is 2.24. The molecule has 1 aromatic carbocycles. The van der Waals surface area contributed by atoms with E-state index in [1.54, 1.807) is 11.8 Å². The molecule has 1 aliphatic rings. The summed E-state index contributed by atoms with van der Waals surface area (Å²) in [5.74, 6) is 0.356. The van der Waals surface area contributed by atoms with Crippen LogP contribution in [0.2, 0.25) is 0 Å². The minimum absolute atomic E-state index is 0.0684. The summed E-state index contributed by atoms with van der Waals surface area (Å²) in [7, 11) is 0. The Labute approximate surface area is 132 Å². The van der Waals surface area contributed by atoms with Crippen molar-refractivity contribution in [2.45, 2.75) is 42.2 Å². The predicted molar refractivity (Wildman–Crippen MR) is 87.5 cm³/mol. The summed E-state index contributed by atoms with van der Waals surface area (Å²) in [4.78, 5) is 11.8. The summed E-state index contributed by atoms with van der Waals surface area (Å²) in [5.41, 5.74) is 2.23. The van der Waals surface area contributed by atoms with Gasteiger partial charge in [0.2, 0.25) is 5.13 Å². The Morgan fingerprint density at radius 2 is 2.05 bits per heavy atom. The molecule has 4 nitrogen and oxygen atoms in total. The van der Waals surface area contributed by atoms with E-state index in [0.29, 0.717) is 12.2 Å². The molecule has 0 saturated heterocycles. The average Bonchev–Trinajstić information content (AvgIpc) is 2.91. The van der Waals surface area contributed by atoms with Crippen LogP contribution in [0.1, 0.15) is 31.2 Å². The van der Waals surface area contributed by atoms with E-state index >= 15 is 0 Å². The van der Waals surface area contributed by atoms with Crippen LogP contribution in [0.5, 0.6) is 0 Å². The van der Waals surface area contributed by atoms with Crippen LogP contribution in [0.25, 0.3) is 0 Å². The van der Waals surface area contributed by atoms with E-state index in [-0.39, 0.29) is 5.25 Å². The molecule has 110 valence electrons. The molecule has 21 heavy (non-hydrogen) atoms. The number of benzene rings is 1. The Hall–Kier alpha value is -1.40. The summed E-state index contributed by atoms with van der Waals surface area (Å²) < 4.78 is 0.866. The van der Waals surface area contributed by atoms with Crippen LogP contribution >= 0.6 is 23.1 Å². The van der Waals surface area contributed by atoms with Crippen molar-refractivity contribution in [3.8, 4) is 0 Å². The molecule has 1 saturated carbocycles.